The fourth-order valence-electron chi connectivity index (χ4n) is 3.79. The lowest BCUT2D eigenvalue weighted by Crippen LogP contribution is -2.47. The number of hydrogen-bond donors (Lipinski definition) is 1. The summed E-state index contributed by atoms with van der Waals surface area (Å²) in [6, 6.07) is 7.67. The van der Waals surface area contributed by atoms with E-state index in [0.717, 1.165) is 24.2 Å². The molecule has 2 amide bonds. The van der Waals surface area contributed by atoms with Gasteiger partial charge in [-0.2, -0.15) is 0 Å². The van der Waals surface area contributed by atoms with Gasteiger partial charge in [0.25, 0.3) is 0 Å². The van der Waals surface area contributed by atoms with Crippen molar-refractivity contribution >= 4 is 17.7 Å². The molecule has 0 atom stereocenters. The van der Waals surface area contributed by atoms with Crippen molar-refractivity contribution in [1.29, 1.82) is 0 Å². The predicted molar refractivity (Wildman–Crippen MR) is 100 cm³/mol. The number of piperidine rings is 1. The molecule has 0 saturated carbocycles. The monoisotopic (exact) mass is 359 g/mol. The van der Waals surface area contributed by atoms with Gasteiger partial charge in [0.2, 0.25) is 5.91 Å². The maximum absolute atomic E-state index is 13.0. The molecule has 2 heterocycles. The van der Waals surface area contributed by atoms with Crippen molar-refractivity contribution < 1.29 is 14.3 Å². The number of ether oxygens (including phenoxy) is 1. The minimum atomic E-state index is -0.495. The van der Waals surface area contributed by atoms with E-state index in [0.29, 0.717) is 32.5 Å². The summed E-state index contributed by atoms with van der Waals surface area (Å²) in [6.07, 6.45) is 2.01. The molecule has 6 nitrogen and oxygen atoms in total. The third-order valence-corrected chi connectivity index (χ3v) is 5.33. The van der Waals surface area contributed by atoms with E-state index in [2.05, 4.69) is 0 Å². The van der Waals surface area contributed by atoms with Crippen LogP contribution in [-0.2, 0) is 16.1 Å². The van der Waals surface area contributed by atoms with E-state index in [1.54, 1.807) is 4.90 Å². The maximum Gasteiger partial charge on any atom is 0.410 e. The van der Waals surface area contributed by atoms with Crippen molar-refractivity contribution in [3.63, 3.8) is 0 Å². The second-order valence-corrected chi connectivity index (χ2v) is 8.47. The van der Waals surface area contributed by atoms with Gasteiger partial charge in [0.05, 0.1) is 5.41 Å². The highest BCUT2D eigenvalue weighted by molar-refractivity contribution is 5.85. The zero-order valence-electron chi connectivity index (χ0n) is 16.0. The summed E-state index contributed by atoms with van der Waals surface area (Å²) in [4.78, 5) is 28.9. The zero-order chi connectivity index (χ0) is 18.9. The summed E-state index contributed by atoms with van der Waals surface area (Å²) in [5, 5.41) is 0. The smallest absolute Gasteiger partial charge is 0.410 e. The first-order valence-electron chi connectivity index (χ1n) is 9.30. The molecule has 2 saturated heterocycles. The number of likely N-dealkylation sites (tertiary alicyclic amines) is 2. The first-order valence-corrected chi connectivity index (χ1v) is 9.30. The molecule has 0 aliphatic carbocycles. The van der Waals surface area contributed by atoms with Crippen LogP contribution < -0.4 is 5.73 Å². The molecule has 2 fully saturated rings. The van der Waals surface area contributed by atoms with E-state index >= 15 is 0 Å². The molecule has 2 aliphatic rings. The molecular formula is C20H29N3O3. The van der Waals surface area contributed by atoms with Crippen molar-refractivity contribution in [3.8, 4) is 0 Å². The number of benzene rings is 1. The van der Waals surface area contributed by atoms with Crippen LogP contribution >= 0.6 is 0 Å². The van der Waals surface area contributed by atoms with Crippen LogP contribution in [0, 0.1) is 5.41 Å². The summed E-state index contributed by atoms with van der Waals surface area (Å²) < 4.78 is 5.45. The molecule has 2 N–H and O–H groups in total. The van der Waals surface area contributed by atoms with Gasteiger partial charge in [-0.1, -0.05) is 12.1 Å². The Morgan fingerprint density at radius 3 is 2.27 bits per heavy atom. The first kappa shape index (κ1) is 18.5. The maximum atomic E-state index is 13.0. The van der Waals surface area contributed by atoms with Crippen molar-refractivity contribution in [2.75, 3.05) is 25.4 Å². The van der Waals surface area contributed by atoms with Crippen molar-refractivity contribution in [2.45, 2.75) is 52.2 Å². The molecule has 1 spiro atoms. The Labute approximate surface area is 155 Å². The number of carbonyl (C=O) groups excluding carboxylic acids is 2. The molecule has 0 bridgehead atoms. The molecule has 1 aromatic carbocycles. The topological polar surface area (TPSA) is 75.9 Å². The normalized spacial score (nSPS) is 19.9. The highest BCUT2D eigenvalue weighted by Gasteiger charge is 2.48. The number of hydrogen-bond acceptors (Lipinski definition) is 4. The Balaban J connectivity index is 1.58. The van der Waals surface area contributed by atoms with Crippen LogP contribution in [-0.4, -0.2) is 47.0 Å². The van der Waals surface area contributed by atoms with Gasteiger partial charge in [0.15, 0.2) is 0 Å². The third-order valence-electron chi connectivity index (χ3n) is 5.33. The number of amides is 2. The molecule has 26 heavy (non-hydrogen) atoms. The van der Waals surface area contributed by atoms with Gasteiger partial charge in [0.1, 0.15) is 5.60 Å². The summed E-state index contributed by atoms with van der Waals surface area (Å²) in [7, 11) is 0. The van der Waals surface area contributed by atoms with Crippen LogP contribution in [0.25, 0.3) is 0 Å². The minimum Gasteiger partial charge on any atom is -0.444 e. The fourth-order valence-corrected chi connectivity index (χ4v) is 3.79. The zero-order valence-corrected chi connectivity index (χ0v) is 16.0. The van der Waals surface area contributed by atoms with Gasteiger partial charge in [-0.05, 0) is 57.7 Å². The largest absolute Gasteiger partial charge is 0.444 e. The molecule has 0 aromatic heterocycles. The first-order chi connectivity index (χ1) is 12.2. The predicted octanol–water partition coefficient (Wildman–Crippen LogP) is 3.02. The van der Waals surface area contributed by atoms with Gasteiger partial charge in [-0.25, -0.2) is 4.79 Å². The van der Waals surface area contributed by atoms with Crippen molar-refractivity contribution in [1.82, 2.24) is 9.80 Å². The van der Waals surface area contributed by atoms with Crippen LogP contribution in [0.2, 0.25) is 0 Å². The lowest BCUT2D eigenvalue weighted by molar-refractivity contribution is -0.138. The molecule has 2 aliphatic heterocycles. The Kier molecular flexibility index (Phi) is 4.86. The molecule has 3 rings (SSSR count). The molecule has 0 radical (unpaired) electrons. The number of nitrogens with two attached hydrogens (primary N) is 1. The van der Waals surface area contributed by atoms with Crippen molar-refractivity contribution in [3.05, 3.63) is 29.8 Å². The Bertz CT molecular complexity index is 671. The number of carbonyl (C=O) groups is 2. The second kappa shape index (κ2) is 6.82. The molecule has 0 unspecified atom stereocenters. The SMILES string of the molecule is CC(C)(C)OC(=O)N1CCC2(CC1)CCN(Cc1ccc(N)cc1)C2=O. The van der Waals surface area contributed by atoms with Crippen LogP contribution in [0.3, 0.4) is 0 Å². The molecule has 1 aromatic rings. The van der Waals surface area contributed by atoms with E-state index in [4.69, 9.17) is 10.5 Å². The van der Waals surface area contributed by atoms with E-state index in [1.165, 1.54) is 0 Å². The van der Waals surface area contributed by atoms with E-state index in [1.807, 2.05) is 49.9 Å². The van der Waals surface area contributed by atoms with Crippen LogP contribution in [0.1, 0.15) is 45.6 Å². The van der Waals surface area contributed by atoms with Crippen LogP contribution in [0.4, 0.5) is 10.5 Å². The van der Waals surface area contributed by atoms with Gasteiger partial charge in [-0.3, -0.25) is 4.79 Å². The highest BCUT2D eigenvalue weighted by Crippen LogP contribution is 2.42. The number of nitrogens with zero attached hydrogens (tertiary/aromatic N) is 2. The number of rotatable bonds is 2. The molecule has 142 valence electrons. The lowest BCUT2D eigenvalue weighted by atomic mass is 9.77. The second-order valence-electron chi connectivity index (χ2n) is 8.47. The van der Waals surface area contributed by atoms with E-state index in [9.17, 15) is 9.59 Å². The van der Waals surface area contributed by atoms with Crippen LogP contribution in [0.15, 0.2) is 24.3 Å². The van der Waals surface area contributed by atoms with Gasteiger partial charge < -0.3 is 20.3 Å². The summed E-state index contributed by atoms with van der Waals surface area (Å²) >= 11 is 0. The van der Waals surface area contributed by atoms with Crippen LogP contribution in [0.5, 0.6) is 0 Å². The summed E-state index contributed by atoms with van der Waals surface area (Å²) in [6.45, 7) is 8.16. The van der Waals surface area contributed by atoms with Crippen molar-refractivity contribution in [2.24, 2.45) is 5.41 Å². The average Bonchev–Trinajstić information content (AvgIpc) is 2.86. The van der Waals surface area contributed by atoms with E-state index < -0.39 is 5.60 Å². The Morgan fingerprint density at radius 2 is 1.69 bits per heavy atom. The molecule has 6 heteroatoms. The fraction of sp³-hybridized carbons (Fsp3) is 0.600. The number of anilines is 1. The Morgan fingerprint density at radius 1 is 1.12 bits per heavy atom. The Hall–Kier alpha value is -2.24. The number of nitrogen functional groups attached to an aromatic ring is 1. The third kappa shape index (κ3) is 3.94. The molecular weight excluding hydrogens is 330 g/mol. The average molecular weight is 359 g/mol. The van der Waals surface area contributed by atoms with Gasteiger partial charge >= 0.3 is 6.09 Å². The van der Waals surface area contributed by atoms with Gasteiger partial charge in [-0.15, -0.1) is 0 Å². The summed E-state index contributed by atoms with van der Waals surface area (Å²) in [5.74, 6) is 0.221. The standard InChI is InChI=1S/C20H29N3O3/c1-19(2,3)26-18(25)22-11-8-20(9-12-22)10-13-23(17(20)24)14-15-4-6-16(21)7-5-15/h4-7H,8-14,21H2,1-3H3. The van der Waals surface area contributed by atoms with Gasteiger partial charge in [0, 0.05) is 31.9 Å². The lowest BCUT2D eigenvalue weighted by Gasteiger charge is -2.38. The van der Waals surface area contributed by atoms with E-state index in [-0.39, 0.29) is 17.4 Å². The highest BCUT2D eigenvalue weighted by atomic mass is 16.6. The summed E-state index contributed by atoms with van der Waals surface area (Å²) in [5.41, 5.74) is 6.74. The minimum absolute atomic E-state index is 0.221. The quantitative estimate of drug-likeness (QED) is 0.824.